The maximum absolute atomic E-state index is 10.8. The molecule has 2 N–H and O–H groups in total. The molecule has 2 aliphatic rings. The van der Waals surface area contributed by atoms with Crippen molar-refractivity contribution in [2.75, 3.05) is 11.9 Å². The summed E-state index contributed by atoms with van der Waals surface area (Å²) < 4.78 is 0. The van der Waals surface area contributed by atoms with E-state index in [1.54, 1.807) is 12.1 Å². The predicted octanol–water partition coefficient (Wildman–Crippen LogP) is 5.18. The minimum atomic E-state index is -0.374. The molecule has 4 rings (SSSR count). The van der Waals surface area contributed by atoms with E-state index < -0.39 is 0 Å². The average molecular weight is 366 g/mol. The van der Waals surface area contributed by atoms with Crippen molar-refractivity contribution in [2.24, 2.45) is 5.92 Å². The number of nitrogens with zero attached hydrogens (tertiary/aromatic N) is 1. The van der Waals surface area contributed by atoms with Gasteiger partial charge in [0.25, 0.3) is 5.69 Å². The van der Waals surface area contributed by atoms with Gasteiger partial charge in [0, 0.05) is 29.8 Å². The van der Waals surface area contributed by atoms with Crippen LogP contribution in [0.3, 0.4) is 0 Å². The Hall–Kier alpha value is -2.56. The number of benzene rings is 2. The van der Waals surface area contributed by atoms with Crippen molar-refractivity contribution in [2.45, 2.75) is 50.4 Å². The summed E-state index contributed by atoms with van der Waals surface area (Å²) in [7, 11) is 0. The molecule has 142 valence electrons. The number of nitro groups is 1. The summed E-state index contributed by atoms with van der Waals surface area (Å²) in [5, 5.41) is 24.3. The first-order valence-corrected chi connectivity index (χ1v) is 9.89. The smallest absolute Gasteiger partial charge is 0.269 e. The highest BCUT2D eigenvalue weighted by Crippen LogP contribution is 2.52. The van der Waals surface area contributed by atoms with Gasteiger partial charge < -0.3 is 10.4 Å². The van der Waals surface area contributed by atoms with Crippen molar-refractivity contribution in [3.8, 4) is 5.75 Å². The van der Waals surface area contributed by atoms with Gasteiger partial charge in [-0.3, -0.25) is 10.1 Å². The van der Waals surface area contributed by atoms with E-state index in [1.165, 1.54) is 55.4 Å². The maximum Gasteiger partial charge on any atom is 0.269 e. The highest BCUT2D eigenvalue weighted by atomic mass is 16.6. The van der Waals surface area contributed by atoms with Crippen molar-refractivity contribution in [1.29, 1.82) is 0 Å². The highest BCUT2D eigenvalue weighted by molar-refractivity contribution is 5.49. The van der Waals surface area contributed by atoms with Gasteiger partial charge in [-0.15, -0.1) is 0 Å². The van der Waals surface area contributed by atoms with Crippen molar-refractivity contribution >= 4 is 11.4 Å². The fourth-order valence-corrected chi connectivity index (χ4v) is 5.26. The van der Waals surface area contributed by atoms with Crippen LogP contribution in [0.1, 0.15) is 49.7 Å². The lowest BCUT2D eigenvalue weighted by molar-refractivity contribution is -0.384. The lowest BCUT2D eigenvalue weighted by atomic mass is 9.56. The van der Waals surface area contributed by atoms with Gasteiger partial charge in [-0.1, -0.05) is 18.9 Å². The van der Waals surface area contributed by atoms with Crippen LogP contribution in [0, 0.1) is 16.0 Å². The Bertz CT molecular complexity index is 834. The van der Waals surface area contributed by atoms with Crippen LogP contribution in [0.2, 0.25) is 0 Å². The standard InChI is InChI=1S/C22H26N2O3/c25-20-11-5-16-4-6-17-3-1-2-12-22(17,21(16)15-20)13-14-23-18-7-9-19(10-8-18)24(26)27/h5,7-11,15,17,23,25H,1-4,6,12-14H2/t17?,22-/m0/s1. The second kappa shape index (κ2) is 7.22. The summed E-state index contributed by atoms with van der Waals surface area (Å²) in [4.78, 5) is 10.4. The molecule has 1 fully saturated rings. The molecule has 0 spiro atoms. The Morgan fingerprint density at radius 2 is 1.96 bits per heavy atom. The Balaban J connectivity index is 1.53. The number of non-ortho nitro benzene ring substituents is 1. The van der Waals surface area contributed by atoms with Crippen LogP contribution in [-0.4, -0.2) is 16.6 Å². The van der Waals surface area contributed by atoms with E-state index in [0.717, 1.165) is 25.1 Å². The fraction of sp³-hybridized carbons (Fsp3) is 0.455. The number of aromatic hydroxyl groups is 1. The van der Waals surface area contributed by atoms with Gasteiger partial charge >= 0.3 is 0 Å². The number of hydrogen-bond donors (Lipinski definition) is 2. The highest BCUT2D eigenvalue weighted by Gasteiger charge is 2.45. The van der Waals surface area contributed by atoms with Crippen molar-refractivity contribution < 1.29 is 10.0 Å². The molecule has 2 aliphatic carbocycles. The lowest BCUT2D eigenvalue weighted by Gasteiger charge is -2.49. The molecule has 0 aromatic heterocycles. The van der Waals surface area contributed by atoms with E-state index in [0.29, 0.717) is 11.7 Å². The molecule has 0 amide bonds. The molecule has 0 bridgehead atoms. The van der Waals surface area contributed by atoms with Crippen molar-refractivity contribution in [1.82, 2.24) is 0 Å². The van der Waals surface area contributed by atoms with E-state index in [2.05, 4.69) is 11.4 Å². The normalized spacial score (nSPS) is 23.9. The molecule has 5 heteroatoms. The number of anilines is 1. The summed E-state index contributed by atoms with van der Waals surface area (Å²) in [6.07, 6.45) is 8.35. The summed E-state index contributed by atoms with van der Waals surface area (Å²) in [6, 6.07) is 12.5. The van der Waals surface area contributed by atoms with Crippen molar-refractivity contribution in [3.63, 3.8) is 0 Å². The topological polar surface area (TPSA) is 75.4 Å². The molecule has 2 atom stereocenters. The first-order valence-electron chi connectivity index (χ1n) is 9.89. The van der Waals surface area contributed by atoms with Crippen LogP contribution in [-0.2, 0) is 11.8 Å². The van der Waals surface area contributed by atoms with E-state index in [1.807, 2.05) is 12.1 Å². The Morgan fingerprint density at radius 1 is 1.15 bits per heavy atom. The number of phenolic OH excluding ortho intramolecular Hbond substituents is 1. The largest absolute Gasteiger partial charge is 0.508 e. The fourth-order valence-electron chi connectivity index (χ4n) is 5.26. The summed E-state index contributed by atoms with van der Waals surface area (Å²) >= 11 is 0. The number of phenols is 1. The van der Waals surface area contributed by atoms with E-state index in [4.69, 9.17) is 0 Å². The Morgan fingerprint density at radius 3 is 2.74 bits per heavy atom. The van der Waals surface area contributed by atoms with Crippen LogP contribution in [0.15, 0.2) is 42.5 Å². The summed E-state index contributed by atoms with van der Waals surface area (Å²) in [6.45, 7) is 0.823. The van der Waals surface area contributed by atoms with Crippen LogP contribution in [0.25, 0.3) is 0 Å². The lowest BCUT2D eigenvalue weighted by Crippen LogP contribution is -2.43. The molecular formula is C22H26N2O3. The van der Waals surface area contributed by atoms with Gasteiger partial charge in [0.15, 0.2) is 0 Å². The molecule has 1 saturated carbocycles. The molecule has 2 aromatic carbocycles. The molecule has 0 heterocycles. The molecule has 5 nitrogen and oxygen atoms in total. The van der Waals surface area contributed by atoms with Crippen LogP contribution in [0.4, 0.5) is 11.4 Å². The van der Waals surface area contributed by atoms with Crippen LogP contribution in [0.5, 0.6) is 5.75 Å². The third kappa shape index (κ3) is 3.38. The molecule has 2 aromatic rings. The first-order chi connectivity index (χ1) is 13.1. The number of nitro benzene ring substituents is 1. The molecule has 27 heavy (non-hydrogen) atoms. The van der Waals surface area contributed by atoms with Crippen LogP contribution < -0.4 is 5.32 Å². The molecule has 0 aliphatic heterocycles. The quantitative estimate of drug-likeness (QED) is 0.565. The van der Waals surface area contributed by atoms with Crippen molar-refractivity contribution in [3.05, 3.63) is 63.7 Å². The van der Waals surface area contributed by atoms with Gasteiger partial charge in [0.2, 0.25) is 0 Å². The number of aryl methyl sites for hydroxylation is 1. The van der Waals surface area contributed by atoms with E-state index in [-0.39, 0.29) is 16.0 Å². The zero-order chi connectivity index (χ0) is 18.9. The zero-order valence-corrected chi connectivity index (χ0v) is 15.5. The minimum Gasteiger partial charge on any atom is -0.508 e. The second-order valence-electron chi connectivity index (χ2n) is 7.96. The predicted molar refractivity (Wildman–Crippen MR) is 106 cm³/mol. The van der Waals surface area contributed by atoms with Gasteiger partial charge in [-0.2, -0.15) is 0 Å². The zero-order valence-electron chi connectivity index (χ0n) is 15.5. The van der Waals surface area contributed by atoms with Gasteiger partial charge in [0.05, 0.1) is 4.92 Å². The van der Waals surface area contributed by atoms with Gasteiger partial charge in [0.1, 0.15) is 5.75 Å². The van der Waals surface area contributed by atoms with Crippen LogP contribution >= 0.6 is 0 Å². The first kappa shape index (κ1) is 17.8. The third-order valence-electron chi connectivity index (χ3n) is 6.58. The SMILES string of the molecule is O=[N+]([O-])c1ccc(NCC[C@@]23CCCCC2CCc2ccc(O)cc23)cc1. The Kier molecular flexibility index (Phi) is 4.77. The number of rotatable bonds is 5. The molecule has 0 saturated heterocycles. The van der Waals surface area contributed by atoms with E-state index in [9.17, 15) is 15.2 Å². The second-order valence-corrected chi connectivity index (χ2v) is 7.96. The number of nitrogens with one attached hydrogen (secondary N) is 1. The summed E-state index contributed by atoms with van der Waals surface area (Å²) in [5.41, 5.74) is 3.91. The monoisotopic (exact) mass is 366 g/mol. The third-order valence-corrected chi connectivity index (χ3v) is 6.58. The number of fused-ring (bicyclic) bond motifs is 3. The average Bonchev–Trinajstić information content (AvgIpc) is 2.68. The summed E-state index contributed by atoms with van der Waals surface area (Å²) in [5.74, 6) is 1.04. The molecular weight excluding hydrogens is 340 g/mol. The molecule has 0 radical (unpaired) electrons. The van der Waals surface area contributed by atoms with E-state index >= 15 is 0 Å². The van der Waals surface area contributed by atoms with Gasteiger partial charge in [-0.25, -0.2) is 0 Å². The minimum absolute atomic E-state index is 0.114. The number of hydrogen-bond acceptors (Lipinski definition) is 4. The molecule has 1 unspecified atom stereocenters. The van der Waals surface area contributed by atoms with Gasteiger partial charge in [-0.05, 0) is 73.4 Å². The maximum atomic E-state index is 10.8. The Labute approximate surface area is 159 Å².